The molecule has 5 aromatic rings. The molecule has 0 bridgehead atoms. The molecule has 3 nitrogen and oxygen atoms in total. The summed E-state index contributed by atoms with van der Waals surface area (Å²) in [5, 5.41) is 9.12. The summed E-state index contributed by atoms with van der Waals surface area (Å²) in [5.74, 6) is 0.764. The summed E-state index contributed by atoms with van der Waals surface area (Å²) in [5.41, 5.74) is 1.49. The van der Waals surface area contributed by atoms with Crippen LogP contribution < -0.4 is 0 Å². The highest BCUT2D eigenvalue weighted by Crippen LogP contribution is 2.45. The Balaban J connectivity index is 1.61. The first-order valence-electron chi connectivity index (χ1n) is 9.18. The van der Waals surface area contributed by atoms with E-state index in [4.69, 9.17) is 0 Å². The minimum atomic E-state index is -4.45. The highest BCUT2D eigenvalue weighted by molar-refractivity contribution is 7.16. The number of nitrogens with one attached hydrogen (secondary N) is 1. The van der Waals surface area contributed by atoms with Crippen molar-refractivity contribution >= 4 is 22.1 Å². The van der Waals surface area contributed by atoms with Crippen LogP contribution in [-0.2, 0) is 6.18 Å². The van der Waals surface area contributed by atoms with E-state index in [0.29, 0.717) is 33.4 Å². The van der Waals surface area contributed by atoms with Gasteiger partial charge in [0.1, 0.15) is 4.88 Å². The molecule has 0 saturated heterocycles. The molecule has 30 heavy (non-hydrogen) atoms. The van der Waals surface area contributed by atoms with Crippen molar-refractivity contribution in [2.75, 3.05) is 0 Å². The molecule has 0 spiro atoms. The van der Waals surface area contributed by atoms with Crippen molar-refractivity contribution in [1.29, 1.82) is 0 Å². The number of hydrogen-bond acceptors (Lipinski definition) is 3. The molecule has 0 radical (unpaired) electrons. The Morgan fingerprint density at radius 3 is 2.33 bits per heavy atom. The van der Waals surface area contributed by atoms with E-state index in [-0.39, 0.29) is 5.56 Å². The minimum Gasteiger partial charge on any atom is -0.258 e. The summed E-state index contributed by atoms with van der Waals surface area (Å²) in [6, 6.07) is 23.7. The van der Waals surface area contributed by atoms with Crippen molar-refractivity contribution in [3.8, 4) is 33.2 Å². The van der Waals surface area contributed by atoms with Crippen molar-refractivity contribution in [2.45, 2.75) is 6.18 Å². The average Bonchev–Trinajstić information content (AvgIpc) is 3.41. The Hall–Kier alpha value is -3.45. The lowest BCUT2D eigenvalue weighted by Crippen LogP contribution is -2.03. The van der Waals surface area contributed by atoms with Gasteiger partial charge in [-0.05, 0) is 22.4 Å². The van der Waals surface area contributed by atoms with Gasteiger partial charge in [-0.3, -0.25) is 5.10 Å². The van der Waals surface area contributed by atoms with Crippen LogP contribution >= 0.6 is 11.3 Å². The van der Waals surface area contributed by atoms with Gasteiger partial charge in [0.15, 0.2) is 11.6 Å². The molecule has 5 rings (SSSR count). The lowest BCUT2D eigenvalue weighted by atomic mass is 10.0. The molecule has 148 valence electrons. The molecular formula is C23H14F3N3S. The van der Waals surface area contributed by atoms with Crippen molar-refractivity contribution in [3.05, 3.63) is 83.7 Å². The zero-order valence-corrected chi connectivity index (χ0v) is 16.3. The van der Waals surface area contributed by atoms with Gasteiger partial charge < -0.3 is 0 Å². The molecule has 0 unspecified atom stereocenters. The van der Waals surface area contributed by atoms with Crippen LogP contribution in [0.25, 0.3) is 44.0 Å². The molecule has 2 aromatic heterocycles. The van der Waals surface area contributed by atoms with Crippen molar-refractivity contribution in [2.24, 2.45) is 0 Å². The third-order valence-corrected chi connectivity index (χ3v) is 6.01. The molecule has 3 aromatic carbocycles. The second-order valence-corrected chi connectivity index (χ2v) is 7.80. The molecule has 0 aliphatic carbocycles. The summed E-state index contributed by atoms with van der Waals surface area (Å²) >= 11 is 0.668. The quantitative estimate of drug-likeness (QED) is 0.339. The van der Waals surface area contributed by atoms with Crippen LogP contribution in [0.1, 0.15) is 4.88 Å². The number of thiophene rings is 1. The fourth-order valence-electron chi connectivity index (χ4n) is 3.46. The van der Waals surface area contributed by atoms with Crippen molar-refractivity contribution in [3.63, 3.8) is 0 Å². The smallest absolute Gasteiger partial charge is 0.258 e. The van der Waals surface area contributed by atoms with Gasteiger partial charge in [0.05, 0.1) is 4.88 Å². The second kappa shape index (κ2) is 7.11. The SMILES string of the molecule is FC(F)(F)c1sc(-c2nc(-c3cccc4ccccc34)n[nH]2)cc1-c1ccccc1. The van der Waals surface area contributed by atoms with Gasteiger partial charge in [0.2, 0.25) is 0 Å². The van der Waals surface area contributed by atoms with Crippen LogP contribution in [0.15, 0.2) is 78.9 Å². The maximum absolute atomic E-state index is 13.7. The lowest BCUT2D eigenvalue weighted by molar-refractivity contribution is -0.133. The third-order valence-electron chi connectivity index (χ3n) is 4.82. The molecule has 7 heteroatoms. The van der Waals surface area contributed by atoms with Gasteiger partial charge in [-0.2, -0.15) is 18.3 Å². The summed E-state index contributed by atoms with van der Waals surface area (Å²) < 4.78 is 41.0. The standard InChI is InChI=1S/C23H14F3N3S/c24-23(25,26)20-18(15-7-2-1-3-8-15)13-19(30-20)22-27-21(28-29-22)17-12-6-10-14-9-4-5-11-16(14)17/h1-13H,(H,27,28,29). The van der Waals surface area contributed by atoms with Crippen LogP contribution in [0.5, 0.6) is 0 Å². The highest BCUT2D eigenvalue weighted by Gasteiger charge is 2.36. The molecule has 0 saturated carbocycles. The maximum Gasteiger partial charge on any atom is 0.426 e. The number of aromatic amines is 1. The molecule has 0 atom stereocenters. The number of hydrogen-bond donors (Lipinski definition) is 1. The Morgan fingerprint density at radius 2 is 1.53 bits per heavy atom. The van der Waals surface area contributed by atoms with Gasteiger partial charge in [-0.1, -0.05) is 72.8 Å². The fourth-order valence-corrected chi connectivity index (χ4v) is 4.45. The van der Waals surface area contributed by atoms with Crippen LogP contribution in [-0.4, -0.2) is 15.2 Å². The van der Waals surface area contributed by atoms with E-state index in [0.717, 1.165) is 16.3 Å². The Bertz CT molecular complexity index is 1330. The predicted octanol–water partition coefficient (Wildman–Crippen LogP) is 7.04. The molecule has 0 aliphatic heterocycles. The summed E-state index contributed by atoms with van der Waals surface area (Å²) in [6.07, 6.45) is -4.45. The number of aromatic nitrogens is 3. The minimum absolute atomic E-state index is 0.145. The van der Waals surface area contributed by atoms with E-state index >= 15 is 0 Å². The summed E-state index contributed by atoms with van der Waals surface area (Å²) in [6.45, 7) is 0. The van der Waals surface area contributed by atoms with Crippen molar-refractivity contribution in [1.82, 2.24) is 15.2 Å². The molecular weight excluding hydrogens is 407 g/mol. The third kappa shape index (κ3) is 3.27. The average molecular weight is 421 g/mol. The number of rotatable bonds is 3. The first-order valence-corrected chi connectivity index (χ1v) is 10.00. The largest absolute Gasteiger partial charge is 0.426 e. The van der Waals surface area contributed by atoms with Crippen LogP contribution in [0.4, 0.5) is 13.2 Å². The molecule has 0 fully saturated rings. The number of benzene rings is 3. The zero-order chi connectivity index (χ0) is 20.7. The van der Waals surface area contributed by atoms with Gasteiger partial charge in [-0.25, -0.2) is 4.98 Å². The monoisotopic (exact) mass is 421 g/mol. The number of alkyl halides is 3. The Morgan fingerprint density at radius 1 is 0.800 bits per heavy atom. The van der Waals surface area contributed by atoms with Gasteiger partial charge in [-0.15, -0.1) is 11.3 Å². The topological polar surface area (TPSA) is 41.6 Å². The lowest BCUT2D eigenvalue weighted by Gasteiger charge is -2.07. The number of fused-ring (bicyclic) bond motifs is 1. The van der Waals surface area contributed by atoms with Gasteiger partial charge >= 0.3 is 6.18 Å². The van der Waals surface area contributed by atoms with Gasteiger partial charge in [0, 0.05) is 11.1 Å². The Kier molecular flexibility index (Phi) is 4.40. The van der Waals surface area contributed by atoms with E-state index in [1.807, 2.05) is 42.5 Å². The fraction of sp³-hybridized carbons (Fsp3) is 0.0435. The van der Waals surface area contributed by atoms with Crippen LogP contribution in [0, 0.1) is 0 Å². The van der Waals surface area contributed by atoms with E-state index < -0.39 is 11.1 Å². The predicted molar refractivity (Wildman–Crippen MR) is 113 cm³/mol. The van der Waals surface area contributed by atoms with Crippen LogP contribution in [0.3, 0.4) is 0 Å². The number of nitrogens with zero attached hydrogens (tertiary/aromatic N) is 2. The number of halogens is 3. The van der Waals surface area contributed by atoms with E-state index in [2.05, 4.69) is 15.2 Å². The Labute approximate surface area is 173 Å². The van der Waals surface area contributed by atoms with E-state index in [9.17, 15) is 13.2 Å². The first kappa shape index (κ1) is 18.6. The second-order valence-electron chi connectivity index (χ2n) is 6.75. The van der Waals surface area contributed by atoms with E-state index in [1.165, 1.54) is 6.07 Å². The molecule has 0 amide bonds. The molecule has 2 heterocycles. The molecule has 0 aliphatic rings. The van der Waals surface area contributed by atoms with E-state index in [1.54, 1.807) is 30.3 Å². The first-order chi connectivity index (χ1) is 14.5. The molecule has 1 N–H and O–H groups in total. The zero-order valence-electron chi connectivity index (χ0n) is 15.4. The maximum atomic E-state index is 13.7. The van der Waals surface area contributed by atoms with Crippen LogP contribution in [0.2, 0.25) is 0 Å². The highest BCUT2D eigenvalue weighted by atomic mass is 32.1. The summed E-state index contributed by atoms with van der Waals surface area (Å²) in [4.78, 5) is 4.25. The number of H-pyrrole nitrogens is 1. The summed E-state index contributed by atoms with van der Waals surface area (Å²) in [7, 11) is 0. The van der Waals surface area contributed by atoms with Crippen molar-refractivity contribution < 1.29 is 13.2 Å². The normalized spacial score (nSPS) is 11.8. The van der Waals surface area contributed by atoms with Gasteiger partial charge in [0.25, 0.3) is 0 Å².